The Morgan fingerprint density at radius 3 is 2.42 bits per heavy atom. The lowest BCUT2D eigenvalue weighted by Gasteiger charge is -2.12. The first-order chi connectivity index (χ1) is 17.5. The molecular weight excluding hydrogens is 476 g/mol. The zero-order chi connectivity index (χ0) is 25.5. The van der Waals surface area contributed by atoms with Crippen LogP contribution in [0.15, 0.2) is 77.7 Å². The van der Waals surface area contributed by atoms with Crippen molar-refractivity contribution < 1.29 is 23.9 Å². The Bertz CT molecular complexity index is 1290. The van der Waals surface area contributed by atoms with Gasteiger partial charge in [-0.1, -0.05) is 55.5 Å². The van der Waals surface area contributed by atoms with Crippen molar-refractivity contribution in [2.45, 2.75) is 19.9 Å². The number of hydrogen-bond donors (Lipinski definition) is 1. The number of carbonyl (C=O) groups is 3. The molecule has 184 valence electrons. The SMILES string of the molecule is CCc1ccc(NC(=O)COc2ccc(/C=C3\SC(=O)N(Cc4ccccc4)C3=O)cc2OC)cc1. The van der Waals surface area contributed by atoms with Gasteiger partial charge in [0.1, 0.15) is 0 Å². The first kappa shape index (κ1) is 25.1. The third-order valence-corrected chi connectivity index (χ3v) is 6.45. The van der Waals surface area contributed by atoms with E-state index in [1.807, 2.05) is 54.6 Å². The number of nitrogens with zero attached hydrogens (tertiary/aromatic N) is 1. The van der Waals surface area contributed by atoms with Crippen LogP contribution in [0, 0.1) is 0 Å². The number of imide groups is 1. The minimum atomic E-state index is -0.336. The van der Waals surface area contributed by atoms with E-state index in [0.29, 0.717) is 27.7 Å². The molecule has 0 atom stereocenters. The maximum atomic E-state index is 12.8. The maximum absolute atomic E-state index is 12.8. The number of anilines is 1. The number of methoxy groups -OCH3 is 1. The van der Waals surface area contributed by atoms with Gasteiger partial charge in [-0.2, -0.15) is 0 Å². The molecule has 1 aliphatic heterocycles. The molecule has 0 saturated carbocycles. The molecule has 3 aromatic rings. The molecule has 0 radical (unpaired) electrons. The van der Waals surface area contributed by atoms with E-state index in [4.69, 9.17) is 9.47 Å². The average molecular weight is 503 g/mol. The molecule has 0 aromatic heterocycles. The van der Waals surface area contributed by atoms with Crippen molar-refractivity contribution in [3.05, 3.63) is 94.4 Å². The van der Waals surface area contributed by atoms with Crippen molar-refractivity contribution in [1.29, 1.82) is 0 Å². The second kappa shape index (κ2) is 11.6. The molecule has 0 bridgehead atoms. The molecule has 0 aliphatic carbocycles. The van der Waals surface area contributed by atoms with Crippen LogP contribution in [0.4, 0.5) is 10.5 Å². The highest BCUT2D eigenvalue weighted by molar-refractivity contribution is 8.18. The number of hydrogen-bond acceptors (Lipinski definition) is 6. The third kappa shape index (κ3) is 6.14. The van der Waals surface area contributed by atoms with Gasteiger partial charge in [0, 0.05) is 5.69 Å². The van der Waals surface area contributed by atoms with Gasteiger partial charge in [-0.15, -0.1) is 0 Å². The normalized spacial score (nSPS) is 14.3. The quantitative estimate of drug-likeness (QED) is 0.388. The largest absolute Gasteiger partial charge is 0.493 e. The number of benzene rings is 3. The molecule has 4 rings (SSSR count). The van der Waals surface area contributed by atoms with Crippen molar-refractivity contribution in [2.24, 2.45) is 0 Å². The Morgan fingerprint density at radius 2 is 1.72 bits per heavy atom. The maximum Gasteiger partial charge on any atom is 0.293 e. The van der Waals surface area contributed by atoms with Gasteiger partial charge in [0.25, 0.3) is 17.1 Å². The van der Waals surface area contributed by atoms with Crippen molar-refractivity contribution in [2.75, 3.05) is 19.0 Å². The van der Waals surface area contributed by atoms with E-state index in [-0.39, 0.29) is 30.2 Å². The molecule has 0 spiro atoms. The number of ether oxygens (including phenoxy) is 2. The Balaban J connectivity index is 1.39. The Morgan fingerprint density at radius 1 is 0.972 bits per heavy atom. The van der Waals surface area contributed by atoms with E-state index in [2.05, 4.69) is 12.2 Å². The van der Waals surface area contributed by atoms with E-state index in [1.54, 1.807) is 24.3 Å². The predicted molar refractivity (Wildman–Crippen MR) is 141 cm³/mol. The van der Waals surface area contributed by atoms with Crippen LogP contribution in [0.25, 0.3) is 6.08 Å². The fourth-order valence-electron chi connectivity index (χ4n) is 3.61. The number of carbonyl (C=O) groups excluding carboxylic acids is 3. The van der Waals surface area contributed by atoms with Gasteiger partial charge in [-0.3, -0.25) is 19.3 Å². The van der Waals surface area contributed by atoms with E-state index < -0.39 is 0 Å². The van der Waals surface area contributed by atoms with E-state index in [1.165, 1.54) is 17.6 Å². The van der Waals surface area contributed by atoms with Gasteiger partial charge in [0.2, 0.25) is 0 Å². The highest BCUT2D eigenvalue weighted by atomic mass is 32.2. The van der Waals surface area contributed by atoms with Gasteiger partial charge in [0.15, 0.2) is 18.1 Å². The zero-order valence-electron chi connectivity index (χ0n) is 20.0. The van der Waals surface area contributed by atoms with E-state index >= 15 is 0 Å². The lowest BCUT2D eigenvalue weighted by molar-refractivity contribution is -0.123. The van der Waals surface area contributed by atoms with E-state index in [0.717, 1.165) is 23.7 Å². The van der Waals surface area contributed by atoms with Gasteiger partial charge in [0.05, 0.1) is 18.6 Å². The lowest BCUT2D eigenvalue weighted by Crippen LogP contribution is -2.27. The lowest BCUT2D eigenvalue weighted by atomic mass is 10.1. The Labute approximate surface area is 214 Å². The van der Waals surface area contributed by atoms with Crippen molar-refractivity contribution in [3.8, 4) is 11.5 Å². The summed E-state index contributed by atoms with van der Waals surface area (Å²) in [5.41, 5.74) is 3.44. The predicted octanol–water partition coefficient (Wildman–Crippen LogP) is 5.51. The molecule has 36 heavy (non-hydrogen) atoms. The molecule has 1 aliphatic rings. The van der Waals surface area contributed by atoms with Gasteiger partial charge >= 0.3 is 0 Å². The van der Waals surface area contributed by atoms with Gasteiger partial charge in [-0.05, 0) is 65.2 Å². The summed E-state index contributed by atoms with van der Waals surface area (Å²) in [4.78, 5) is 39.1. The van der Waals surface area contributed by atoms with Crippen LogP contribution in [0.5, 0.6) is 11.5 Å². The number of rotatable bonds is 9. The van der Waals surface area contributed by atoms with Crippen molar-refractivity contribution >= 4 is 40.6 Å². The fourth-order valence-corrected chi connectivity index (χ4v) is 4.45. The van der Waals surface area contributed by atoms with Crippen LogP contribution >= 0.6 is 11.8 Å². The smallest absolute Gasteiger partial charge is 0.293 e. The Kier molecular flexibility index (Phi) is 8.07. The van der Waals surface area contributed by atoms with Crippen LogP contribution < -0.4 is 14.8 Å². The van der Waals surface area contributed by atoms with Gasteiger partial charge in [-0.25, -0.2) is 0 Å². The zero-order valence-corrected chi connectivity index (χ0v) is 20.8. The molecule has 1 heterocycles. The topological polar surface area (TPSA) is 84.9 Å². The van der Waals surface area contributed by atoms with Gasteiger partial charge < -0.3 is 14.8 Å². The molecule has 1 N–H and O–H groups in total. The number of aryl methyl sites for hydroxylation is 1. The van der Waals surface area contributed by atoms with Crippen LogP contribution in [-0.2, 0) is 22.6 Å². The summed E-state index contributed by atoms with van der Waals surface area (Å²) >= 11 is 0.904. The fraction of sp³-hybridized carbons (Fsp3) is 0.179. The standard InChI is InChI=1S/C28H26N2O5S/c1-3-19-9-12-22(13-10-19)29-26(31)18-35-23-14-11-21(15-24(23)34-2)16-25-27(32)30(28(33)36-25)17-20-7-5-4-6-8-20/h4-16H,3,17-18H2,1-2H3,(H,29,31)/b25-16-. The van der Waals surface area contributed by atoms with Crippen molar-refractivity contribution in [3.63, 3.8) is 0 Å². The molecule has 8 heteroatoms. The summed E-state index contributed by atoms with van der Waals surface area (Å²) in [6.07, 6.45) is 2.58. The second-order valence-electron chi connectivity index (χ2n) is 8.05. The highest BCUT2D eigenvalue weighted by Gasteiger charge is 2.35. The number of nitrogens with one attached hydrogen (secondary N) is 1. The molecule has 1 fully saturated rings. The summed E-state index contributed by atoms with van der Waals surface area (Å²) in [6, 6.07) is 22.1. The highest BCUT2D eigenvalue weighted by Crippen LogP contribution is 2.35. The minimum Gasteiger partial charge on any atom is -0.493 e. The molecule has 3 amide bonds. The summed E-state index contributed by atoms with van der Waals surface area (Å²) in [7, 11) is 1.50. The summed E-state index contributed by atoms with van der Waals surface area (Å²) < 4.78 is 11.1. The van der Waals surface area contributed by atoms with Crippen molar-refractivity contribution in [1.82, 2.24) is 4.90 Å². The summed E-state index contributed by atoms with van der Waals surface area (Å²) in [5, 5.41) is 2.49. The average Bonchev–Trinajstić information content (AvgIpc) is 3.16. The van der Waals surface area contributed by atoms with Crippen LogP contribution in [0.1, 0.15) is 23.6 Å². The van der Waals surface area contributed by atoms with Crippen LogP contribution in [0.2, 0.25) is 0 Å². The van der Waals surface area contributed by atoms with Crippen LogP contribution in [0.3, 0.4) is 0 Å². The first-order valence-electron chi connectivity index (χ1n) is 11.5. The summed E-state index contributed by atoms with van der Waals surface area (Å²) in [5.74, 6) is 0.171. The number of amides is 3. The third-order valence-electron chi connectivity index (χ3n) is 5.55. The minimum absolute atomic E-state index is 0.191. The Hall–Kier alpha value is -4.04. The molecule has 7 nitrogen and oxygen atoms in total. The molecule has 3 aromatic carbocycles. The summed E-state index contributed by atoms with van der Waals surface area (Å²) in [6.45, 7) is 2.11. The molecule has 1 saturated heterocycles. The monoisotopic (exact) mass is 502 g/mol. The first-order valence-corrected chi connectivity index (χ1v) is 12.3. The molecular formula is C28H26N2O5S. The second-order valence-corrected chi connectivity index (χ2v) is 9.04. The number of thioether (sulfide) groups is 1. The van der Waals surface area contributed by atoms with E-state index in [9.17, 15) is 14.4 Å². The van der Waals surface area contributed by atoms with Crippen LogP contribution in [-0.4, -0.2) is 35.7 Å². The molecule has 0 unspecified atom stereocenters.